The van der Waals surface area contributed by atoms with Gasteiger partial charge in [0.15, 0.2) is 0 Å². The Morgan fingerprint density at radius 1 is 1.36 bits per heavy atom. The Morgan fingerprint density at radius 3 is 2.55 bits per heavy atom. The van der Waals surface area contributed by atoms with Crippen LogP contribution in [0, 0.1) is 0 Å². The lowest BCUT2D eigenvalue weighted by Gasteiger charge is -2.03. The molecule has 0 bridgehead atoms. The second-order valence-electron chi connectivity index (χ2n) is 2.23. The van der Waals surface area contributed by atoms with Crippen molar-refractivity contribution in [1.82, 2.24) is 0 Å². The maximum atomic E-state index is 5.50. The highest BCUT2D eigenvalue weighted by atomic mass is 16.5. The van der Waals surface area contributed by atoms with Crippen molar-refractivity contribution in [2.24, 2.45) is 0 Å². The lowest BCUT2D eigenvalue weighted by molar-refractivity contribution is 0.221. The summed E-state index contributed by atoms with van der Waals surface area (Å²) in [6, 6.07) is 7.51. The van der Waals surface area contributed by atoms with Crippen LogP contribution in [0.3, 0.4) is 0 Å². The smallest absolute Gasteiger partial charge is 0.116 e. The van der Waals surface area contributed by atoms with E-state index in [0.29, 0.717) is 6.73 Å². The average Bonchev–Trinajstić information content (AvgIpc) is 2.04. The van der Waals surface area contributed by atoms with E-state index in [9.17, 15) is 0 Å². The minimum Gasteiger partial charge on any atom is -0.399 e. The van der Waals surface area contributed by atoms with Gasteiger partial charge in [-0.2, -0.15) is 0 Å². The second kappa shape index (κ2) is 3.83. The fraction of sp³-hybridized carbons (Fsp3) is 0.250. The van der Waals surface area contributed by atoms with E-state index in [1.165, 1.54) is 0 Å². The SMILES string of the molecule is COCNc1ccc(N)cc1. The topological polar surface area (TPSA) is 47.3 Å². The molecule has 0 saturated carbocycles. The van der Waals surface area contributed by atoms with E-state index < -0.39 is 0 Å². The molecule has 0 atom stereocenters. The van der Waals surface area contributed by atoms with Crippen LogP contribution >= 0.6 is 0 Å². The van der Waals surface area contributed by atoms with E-state index >= 15 is 0 Å². The molecule has 60 valence electrons. The number of hydrogen-bond donors (Lipinski definition) is 2. The van der Waals surface area contributed by atoms with Crippen molar-refractivity contribution in [3.8, 4) is 0 Å². The fourth-order valence-electron chi connectivity index (χ4n) is 0.756. The predicted octanol–water partition coefficient (Wildman–Crippen LogP) is 1.28. The molecule has 3 heteroatoms. The van der Waals surface area contributed by atoms with Gasteiger partial charge in [0.1, 0.15) is 6.73 Å². The van der Waals surface area contributed by atoms with Crippen LogP contribution in [0.25, 0.3) is 0 Å². The zero-order valence-corrected chi connectivity index (χ0v) is 6.50. The standard InChI is InChI=1S/C8H12N2O/c1-11-6-10-8-4-2-7(9)3-5-8/h2-5,10H,6,9H2,1H3. The molecule has 1 aromatic rings. The number of nitrogens with two attached hydrogens (primary N) is 1. The van der Waals surface area contributed by atoms with E-state index in [4.69, 9.17) is 10.5 Å². The Labute approximate surface area is 66.2 Å². The van der Waals surface area contributed by atoms with Crippen molar-refractivity contribution >= 4 is 11.4 Å². The molecule has 0 heterocycles. The summed E-state index contributed by atoms with van der Waals surface area (Å²) in [5.41, 5.74) is 7.28. The minimum absolute atomic E-state index is 0.518. The fourth-order valence-corrected chi connectivity index (χ4v) is 0.756. The third-order valence-corrected chi connectivity index (χ3v) is 1.33. The molecule has 0 spiro atoms. The minimum atomic E-state index is 0.518. The molecule has 3 nitrogen and oxygen atoms in total. The van der Waals surface area contributed by atoms with Gasteiger partial charge in [0, 0.05) is 18.5 Å². The molecule has 0 fully saturated rings. The highest BCUT2D eigenvalue weighted by Crippen LogP contribution is 2.09. The zero-order chi connectivity index (χ0) is 8.10. The first-order valence-electron chi connectivity index (χ1n) is 3.41. The summed E-state index contributed by atoms with van der Waals surface area (Å²) in [6.07, 6.45) is 0. The summed E-state index contributed by atoms with van der Waals surface area (Å²) in [5, 5.41) is 3.04. The second-order valence-corrected chi connectivity index (χ2v) is 2.23. The summed E-state index contributed by atoms with van der Waals surface area (Å²) >= 11 is 0. The molecule has 3 N–H and O–H groups in total. The summed E-state index contributed by atoms with van der Waals surface area (Å²) in [4.78, 5) is 0. The quantitative estimate of drug-likeness (QED) is 0.506. The van der Waals surface area contributed by atoms with Crippen molar-refractivity contribution in [2.45, 2.75) is 0 Å². The largest absolute Gasteiger partial charge is 0.399 e. The van der Waals surface area contributed by atoms with Gasteiger partial charge in [-0.05, 0) is 24.3 Å². The number of nitrogens with one attached hydrogen (secondary N) is 1. The van der Waals surface area contributed by atoms with Crippen LogP contribution in [-0.2, 0) is 4.74 Å². The maximum Gasteiger partial charge on any atom is 0.116 e. The van der Waals surface area contributed by atoms with E-state index in [1.54, 1.807) is 7.11 Å². The number of anilines is 2. The first-order valence-corrected chi connectivity index (χ1v) is 3.41. The number of methoxy groups -OCH3 is 1. The third-order valence-electron chi connectivity index (χ3n) is 1.33. The molecular formula is C8H12N2O. The van der Waals surface area contributed by atoms with Crippen molar-refractivity contribution in [1.29, 1.82) is 0 Å². The molecule has 0 radical (unpaired) electrons. The van der Waals surface area contributed by atoms with Gasteiger partial charge in [-0.1, -0.05) is 0 Å². The number of nitrogen functional groups attached to an aromatic ring is 1. The van der Waals surface area contributed by atoms with Gasteiger partial charge in [0.25, 0.3) is 0 Å². The highest BCUT2D eigenvalue weighted by molar-refractivity contribution is 5.50. The summed E-state index contributed by atoms with van der Waals surface area (Å²) in [6.45, 7) is 0.518. The first-order chi connectivity index (χ1) is 5.33. The molecule has 0 saturated heterocycles. The molecule has 0 aromatic heterocycles. The molecular weight excluding hydrogens is 140 g/mol. The van der Waals surface area contributed by atoms with Crippen molar-refractivity contribution < 1.29 is 4.74 Å². The van der Waals surface area contributed by atoms with Crippen molar-refractivity contribution in [3.63, 3.8) is 0 Å². The van der Waals surface area contributed by atoms with Gasteiger partial charge < -0.3 is 15.8 Å². The third kappa shape index (κ3) is 2.47. The Morgan fingerprint density at radius 2 is 2.00 bits per heavy atom. The van der Waals surface area contributed by atoms with Crippen LogP contribution in [0.5, 0.6) is 0 Å². The van der Waals surface area contributed by atoms with Gasteiger partial charge in [-0.3, -0.25) is 0 Å². The zero-order valence-electron chi connectivity index (χ0n) is 6.50. The van der Waals surface area contributed by atoms with E-state index in [0.717, 1.165) is 11.4 Å². The van der Waals surface area contributed by atoms with Crippen LogP contribution in [0.15, 0.2) is 24.3 Å². The maximum absolute atomic E-state index is 5.50. The predicted molar refractivity (Wildman–Crippen MR) is 46.4 cm³/mol. The molecule has 1 rings (SSSR count). The molecule has 1 aromatic carbocycles. The van der Waals surface area contributed by atoms with E-state index in [-0.39, 0.29) is 0 Å². The summed E-state index contributed by atoms with van der Waals surface area (Å²) < 4.78 is 4.83. The Balaban J connectivity index is 2.52. The van der Waals surface area contributed by atoms with Crippen LogP contribution in [0.4, 0.5) is 11.4 Å². The Hall–Kier alpha value is -1.22. The number of benzene rings is 1. The number of ether oxygens (including phenoxy) is 1. The van der Waals surface area contributed by atoms with Crippen LogP contribution in [0.1, 0.15) is 0 Å². The highest BCUT2D eigenvalue weighted by Gasteiger charge is 1.88. The van der Waals surface area contributed by atoms with Gasteiger partial charge in [0.2, 0.25) is 0 Å². The average molecular weight is 152 g/mol. The van der Waals surface area contributed by atoms with E-state index in [1.807, 2.05) is 24.3 Å². The molecule has 0 amide bonds. The lowest BCUT2D eigenvalue weighted by atomic mass is 10.3. The van der Waals surface area contributed by atoms with Crippen LogP contribution in [-0.4, -0.2) is 13.8 Å². The Kier molecular flexibility index (Phi) is 2.74. The van der Waals surface area contributed by atoms with Crippen LogP contribution in [0.2, 0.25) is 0 Å². The lowest BCUT2D eigenvalue weighted by Crippen LogP contribution is -2.02. The molecule has 0 aliphatic rings. The van der Waals surface area contributed by atoms with E-state index in [2.05, 4.69) is 5.32 Å². The molecule has 11 heavy (non-hydrogen) atoms. The first kappa shape index (κ1) is 7.88. The normalized spacial score (nSPS) is 9.55. The van der Waals surface area contributed by atoms with Crippen LogP contribution < -0.4 is 11.1 Å². The summed E-state index contributed by atoms with van der Waals surface area (Å²) in [7, 11) is 1.64. The van der Waals surface area contributed by atoms with Gasteiger partial charge >= 0.3 is 0 Å². The number of hydrogen-bond acceptors (Lipinski definition) is 3. The summed E-state index contributed by atoms with van der Waals surface area (Å²) in [5.74, 6) is 0. The van der Waals surface area contributed by atoms with Crippen molar-refractivity contribution in [2.75, 3.05) is 24.9 Å². The number of rotatable bonds is 3. The Bertz CT molecular complexity index is 208. The molecule has 0 aliphatic heterocycles. The molecule has 0 aliphatic carbocycles. The van der Waals surface area contributed by atoms with Gasteiger partial charge in [-0.25, -0.2) is 0 Å². The molecule has 0 unspecified atom stereocenters. The van der Waals surface area contributed by atoms with Gasteiger partial charge in [0.05, 0.1) is 0 Å². The van der Waals surface area contributed by atoms with Gasteiger partial charge in [-0.15, -0.1) is 0 Å². The monoisotopic (exact) mass is 152 g/mol. The van der Waals surface area contributed by atoms with Crippen molar-refractivity contribution in [3.05, 3.63) is 24.3 Å².